The van der Waals surface area contributed by atoms with Crippen LogP contribution in [0.15, 0.2) is 27.8 Å². The van der Waals surface area contributed by atoms with Crippen LogP contribution in [-0.2, 0) is 5.60 Å². The Morgan fingerprint density at radius 2 is 2.38 bits per heavy atom. The molecule has 6 heteroatoms. The first-order chi connectivity index (χ1) is 9.95. The number of thioether (sulfide) groups is 1. The zero-order valence-electron chi connectivity index (χ0n) is 13.0. The summed E-state index contributed by atoms with van der Waals surface area (Å²) in [6.45, 7) is 5.22. The van der Waals surface area contributed by atoms with Gasteiger partial charge in [-0.1, -0.05) is 0 Å². The molecule has 0 bridgehead atoms. The summed E-state index contributed by atoms with van der Waals surface area (Å²) in [7, 11) is 1.74. The van der Waals surface area contributed by atoms with Crippen molar-refractivity contribution in [2.24, 2.45) is 4.99 Å². The van der Waals surface area contributed by atoms with Gasteiger partial charge in [0.2, 0.25) is 0 Å². The van der Waals surface area contributed by atoms with Crippen LogP contribution in [0.25, 0.3) is 0 Å². The summed E-state index contributed by atoms with van der Waals surface area (Å²) >= 11 is 2.01. The Bertz CT molecular complexity index is 465. The van der Waals surface area contributed by atoms with Crippen molar-refractivity contribution in [3.8, 4) is 0 Å². The molecule has 2 atom stereocenters. The molecule has 0 aliphatic carbocycles. The van der Waals surface area contributed by atoms with Gasteiger partial charge < -0.3 is 20.2 Å². The van der Waals surface area contributed by atoms with Gasteiger partial charge in [-0.2, -0.15) is 11.8 Å². The fourth-order valence-electron chi connectivity index (χ4n) is 2.40. The van der Waals surface area contributed by atoms with E-state index in [0.717, 1.165) is 6.54 Å². The number of aliphatic hydroxyl groups is 1. The molecule has 21 heavy (non-hydrogen) atoms. The van der Waals surface area contributed by atoms with Crippen LogP contribution in [-0.4, -0.2) is 41.7 Å². The fraction of sp³-hybridized carbons (Fsp3) is 0.667. The minimum absolute atomic E-state index is 0.279. The Morgan fingerprint density at radius 1 is 1.57 bits per heavy atom. The number of guanidine groups is 1. The van der Waals surface area contributed by atoms with Gasteiger partial charge >= 0.3 is 0 Å². The summed E-state index contributed by atoms with van der Waals surface area (Å²) in [5, 5.41) is 16.9. The highest BCUT2D eigenvalue weighted by Gasteiger charge is 2.30. The second kappa shape index (κ2) is 6.75. The fourth-order valence-corrected chi connectivity index (χ4v) is 3.64. The van der Waals surface area contributed by atoms with E-state index in [9.17, 15) is 5.11 Å². The van der Waals surface area contributed by atoms with Crippen LogP contribution in [0.5, 0.6) is 0 Å². The lowest BCUT2D eigenvalue weighted by molar-refractivity contribution is 0.0386. The number of rotatable bonds is 5. The van der Waals surface area contributed by atoms with Gasteiger partial charge in [-0.05, 0) is 44.6 Å². The number of hydrogen-bond donors (Lipinski definition) is 3. The third kappa shape index (κ3) is 4.41. The molecular weight excluding hydrogens is 286 g/mol. The summed E-state index contributed by atoms with van der Waals surface area (Å²) in [6, 6.07) is 3.54. The average molecular weight is 311 g/mol. The molecule has 0 radical (unpaired) electrons. The minimum Gasteiger partial charge on any atom is -0.466 e. The van der Waals surface area contributed by atoms with Gasteiger partial charge in [0.05, 0.1) is 12.8 Å². The first-order valence-corrected chi connectivity index (χ1v) is 8.29. The predicted molar refractivity (Wildman–Crippen MR) is 87.7 cm³/mol. The van der Waals surface area contributed by atoms with Gasteiger partial charge in [0.1, 0.15) is 11.4 Å². The van der Waals surface area contributed by atoms with Gasteiger partial charge in [-0.3, -0.25) is 4.99 Å². The van der Waals surface area contributed by atoms with E-state index in [-0.39, 0.29) is 4.75 Å². The quantitative estimate of drug-likeness (QED) is 0.573. The molecule has 1 saturated heterocycles. The molecule has 118 valence electrons. The van der Waals surface area contributed by atoms with E-state index in [1.807, 2.05) is 11.8 Å². The maximum Gasteiger partial charge on any atom is 0.191 e. The van der Waals surface area contributed by atoms with E-state index in [2.05, 4.69) is 22.5 Å². The highest BCUT2D eigenvalue weighted by Crippen LogP contribution is 2.36. The van der Waals surface area contributed by atoms with Crippen LogP contribution >= 0.6 is 11.8 Å². The van der Waals surface area contributed by atoms with Gasteiger partial charge in [0, 0.05) is 18.3 Å². The molecule has 5 nitrogen and oxygen atoms in total. The lowest BCUT2D eigenvalue weighted by atomic mass is 10.0. The predicted octanol–water partition coefficient (Wildman–Crippen LogP) is 1.94. The standard InChI is InChI=1S/C15H25N3O2S/c1-14(7-5-9-21-14)10-17-13(16-3)18-11-15(2,19)12-6-4-8-20-12/h4,6,8,19H,5,7,9-11H2,1-3H3,(H2,16,17,18). The monoisotopic (exact) mass is 311 g/mol. The Hall–Kier alpha value is -1.14. The van der Waals surface area contributed by atoms with Gasteiger partial charge in [-0.15, -0.1) is 0 Å². The lowest BCUT2D eigenvalue weighted by Gasteiger charge is -2.26. The molecule has 0 amide bonds. The first-order valence-electron chi connectivity index (χ1n) is 7.30. The van der Waals surface area contributed by atoms with Crippen LogP contribution in [0, 0.1) is 0 Å². The van der Waals surface area contributed by atoms with Crippen molar-refractivity contribution in [3.05, 3.63) is 24.2 Å². The second-order valence-electron chi connectivity index (χ2n) is 5.93. The van der Waals surface area contributed by atoms with Gasteiger partial charge in [0.15, 0.2) is 5.96 Å². The molecule has 3 N–H and O–H groups in total. The molecule has 2 rings (SSSR count). The molecule has 1 aliphatic rings. The molecule has 2 heterocycles. The molecule has 0 saturated carbocycles. The van der Waals surface area contributed by atoms with Crippen LogP contribution in [0.3, 0.4) is 0 Å². The van der Waals surface area contributed by atoms with E-state index < -0.39 is 5.60 Å². The summed E-state index contributed by atoms with van der Waals surface area (Å²) < 4.78 is 5.55. The Kier molecular flexibility index (Phi) is 5.22. The third-order valence-electron chi connectivity index (χ3n) is 3.81. The zero-order chi connectivity index (χ0) is 15.3. The minimum atomic E-state index is -1.06. The Labute approximate surface area is 130 Å². The Balaban J connectivity index is 1.83. The zero-order valence-corrected chi connectivity index (χ0v) is 13.8. The molecular formula is C15H25N3O2S. The van der Waals surface area contributed by atoms with Crippen molar-refractivity contribution in [3.63, 3.8) is 0 Å². The maximum atomic E-state index is 10.4. The number of nitrogens with one attached hydrogen (secondary N) is 2. The largest absolute Gasteiger partial charge is 0.466 e. The Morgan fingerprint density at radius 3 is 2.95 bits per heavy atom. The first kappa shape index (κ1) is 16.2. The summed E-state index contributed by atoms with van der Waals surface area (Å²) in [5.41, 5.74) is -1.06. The number of hydrogen-bond acceptors (Lipinski definition) is 4. The van der Waals surface area contributed by atoms with Crippen molar-refractivity contribution in [1.29, 1.82) is 0 Å². The van der Waals surface area contributed by atoms with Crippen molar-refractivity contribution < 1.29 is 9.52 Å². The maximum absolute atomic E-state index is 10.4. The number of aliphatic imine (C=N–C) groups is 1. The molecule has 1 aromatic rings. The number of nitrogens with zero attached hydrogens (tertiary/aromatic N) is 1. The second-order valence-corrected chi connectivity index (χ2v) is 7.61. The molecule has 0 aromatic carbocycles. The van der Waals surface area contributed by atoms with Crippen LogP contribution < -0.4 is 10.6 Å². The highest BCUT2D eigenvalue weighted by atomic mass is 32.2. The molecule has 0 spiro atoms. The smallest absolute Gasteiger partial charge is 0.191 e. The van der Waals surface area contributed by atoms with E-state index in [1.165, 1.54) is 18.6 Å². The van der Waals surface area contributed by atoms with Crippen LogP contribution in [0.4, 0.5) is 0 Å². The normalized spacial score (nSPS) is 25.6. The topological polar surface area (TPSA) is 69.8 Å². The highest BCUT2D eigenvalue weighted by molar-refractivity contribution is 8.00. The van der Waals surface area contributed by atoms with Crippen molar-refractivity contribution in [2.45, 2.75) is 37.0 Å². The summed E-state index contributed by atoms with van der Waals surface area (Å²) in [5.74, 6) is 2.48. The van der Waals surface area contributed by atoms with E-state index >= 15 is 0 Å². The number of furan rings is 1. The summed E-state index contributed by atoms with van der Waals surface area (Å²) in [6.07, 6.45) is 4.07. The van der Waals surface area contributed by atoms with Gasteiger partial charge in [-0.25, -0.2) is 0 Å². The molecule has 1 aliphatic heterocycles. The average Bonchev–Trinajstić information content (AvgIpc) is 3.11. The van der Waals surface area contributed by atoms with E-state index in [1.54, 1.807) is 32.4 Å². The van der Waals surface area contributed by atoms with E-state index in [0.29, 0.717) is 18.3 Å². The molecule has 2 unspecified atom stereocenters. The van der Waals surface area contributed by atoms with Crippen LogP contribution in [0.1, 0.15) is 32.4 Å². The van der Waals surface area contributed by atoms with Crippen LogP contribution in [0.2, 0.25) is 0 Å². The lowest BCUT2D eigenvalue weighted by Crippen LogP contribution is -2.47. The van der Waals surface area contributed by atoms with Crippen molar-refractivity contribution in [2.75, 3.05) is 25.9 Å². The summed E-state index contributed by atoms with van der Waals surface area (Å²) in [4.78, 5) is 4.21. The van der Waals surface area contributed by atoms with Gasteiger partial charge in [0.25, 0.3) is 0 Å². The third-order valence-corrected chi connectivity index (χ3v) is 5.34. The molecule has 1 fully saturated rings. The van der Waals surface area contributed by atoms with Crippen molar-refractivity contribution >= 4 is 17.7 Å². The van der Waals surface area contributed by atoms with Crippen molar-refractivity contribution in [1.82, 2.24) is 10.6 Å². The SMILES string of the molecule is CN=C(NCC1(C)CCCS1)NCC(C)(O)c1ccco1. The molecule has 1 aromatic heterocycles. The van der Waals surface area contributed by atoms with E-state index in [4.69, 9.17) is 4.42 Å².